The molecular formula is C19H26N4O2S. The van der Waals surface area contributed by atoms with Crippen LogP contribution in [0.25, 0.3) is 0 Å². The molecule has 0 radical (unpaired) electrons. The van der Waals surface area contributed by atoms with Crippen molar-refractivity contribution in [3.05, 3.63) is 22.2 Å². The quantitative estimate of drug-likeness (QED) is 0.650. The zero-order valence-corrected chi connectivity index (χ0v) is 16.4. The van der Waals surface area contributed by atoms with Gasteiger partial charge in [0.05, 0.1) is 25.1 Å². The summed E-state index contributed by atoms with van der Waals surface area (Å²) in [5.74, 6) is 1.19. The molecule has 0 spiro atoms. The van der Waals surface area contributed by atoms with E-state index in [0.717, 1.165) is 36.3 Å². The third-order valence-corrected chi connectivity index (χ3v) is 7.38. The van der Waals surface area contributed by atoms with Gasteiger partial charge in [0, 0.05) is 13.1 Å². The normalized spacial score (nSPS) is 27.2. The summed E-state index contributed by atoms with van der Waals surface area (Å²) in [5.41, 5.74) is 5.06. The monoisotopic (exact) mass is 374 g/mol. The first-order valence-corrected chi connectivity index (χ1v) is 10.1. The number of thiazole rings is 1. The molecule has 1 amide bonds. The van der Waals surface area contributed by atoms with Gasteiger partial charge in [0.2, 0.25) is 0 Å². The van der Waals surface area contributed by atoms with Crippen LogP contribution in [0.3, 0.4) is 0 Å². The summed E-state index contributed by atoms with van der Waals surface area (Å²) >= 11 is 1.43. The first-order chi connectivity index (χ1) is 12.5. The molecule has 2 heterocycles. The van der Waals surface area contributed by atoms with Crippen molar-refractivity contribution >= 4 is 28.6 Å². The maximum Gasteiger partial charge on any atom is 0.283 e. The van der Waals surface area contributed by atoms with Crippen molar-refractivity contribution in [2.75, 3.05) is 31.2 Å². The van der Waals surface area contributed by atoms with Gasteiger partial charge in [-0.15, -0.1) is 0 Å². The number of hydrazone groups is 1. The molecule has 6 nitrogen and oxygen atoms in total. The summed E-state index contributed by atoms with van der Waals surface area (Å²) in [6, 6.07) is 0. The molecule has 1 saturated heterocycles. The molecule has 4 aliphatic rings. The molecule has 1 N–H and O–H groups in total. The number of morpholine rings is 1. The van der Waals surface area contributed by atoms with E-state index in [1.54, 1.807) is 0 Å². The van der Waals surface area contributed by atoms with Gasteiger partial charge in [-0.25, -0.2) is 10.4 Å². The molecule has 0 aromatic carbocycles. The first kappa shape index (κ1) is 17.7. The Bertz CT molecular complexity index is 762. The third kappa shape index (κ3) is 3.07. The number of nitrogens with zero attached hydrogens (tertiary/aromatic N) is 3. The maximum absolute atomic E-state index is 12.5. The number of nitrogens with one attached hydrogen (secondary N) is 1. The fourth-order valence-electron chi connectivity index (χ4n) is 4.24. The second kappa shape index (κ2) is 6.78. The molecule has 7 heteroatoms. The minimum absolute atomic E-state index is 0.182. The topological polar surface area (TPSA) is 66.8 Å². The van der Waals surface area contributed by atoms with E-state index in [-0.39, 0.29) is 5.91 Å². The zero-order valence-electron chi connectivity index (χ0n) is 15.6. The van der Waals surface area contributed by atoms with Gasteiger partial charge in [-0.2, -0.15) is 5.10 Å². The van der Waals surface area contributed by atoms with E-state index in [0.29, 0.717) is 29.4 Å². The lowest BCUT2D eigenvalue weighted by Crippen LogP contribution is -2.48. The Kier molecular flexibility index (Phi) is 4.61. The van der Waals surface area contributed by atoms with Crippen LogP contribution in [0, 0.1) is 24.2 Å². The van der Waals surface area contributed by atoms with Gasteiger partial charge in [0.25, 0.3) is 5.91 Å². The van der Waals surface area contributed by atoms with Crippen LogP contribution in [0.5, 0.6) is 0 Å². The number of carbonyl (C=O) groups excluding carboxylic acids is 1. The highest BCUT2D eigenvalue weighted by molar-refractivity contribution is 7.17. The number of carbonyl (C=O) groups is 1. The lowest BCUT2D eigenvalue weighted by atomic mass is 9.49. The van der Waals surface area contributed by atoms with Crippen LogP contribution in [0.1, 0.15) is 42.1 Å². The molecule has 1 aliphatic heterocycles. The van der Waals surface area contributed by atoms with E-state index < -0.39 is 0 Å². The van der Waals surface area contributed by atoms with Crippen LogP contribution in [-0.4, -0.2) is 43.4 Å². The van der Waals surface area contributed by atoms with E-state index in [9.17, 15) is 4.79 Å². The minimum Gasteiger partial charge on any atom is -0.378 e. The Labute approximate surface area is 158 Å². The van der Waals surface area contributed by atoms with Gasteiger partial charge < -0.3 is 9.64 Å². The van der Waals surface area contributed by atoms with Gasteiger partial charge in [-0.05, 0) is 42.6 Å². The average molecular weight is 375 g/mol. The number of allylic oxidation sites excluding steroid dienone is 2. The number of hydrogen-bond acceptors (Lipinski definition) is 6. The van der Waals surface area contributed by atoms with E-state index >= 15 is 0 Å². The third-order valence-electron chi connectivity index (χ3n) is 6.16. The molecule has 3 aliphatic carbocycles. The Balaban J connectivity index is 1.39. The van der Waals surface area contributed by atoms with Crippen molar-refractivity contribution in [3.63, 3.8) is 0 Å². The number of aryl methyl sites for hydroxylation is 1. The number of anilines is 1. The predicted molar refractivity (Wildman–Crippen MR) is 104 cm³/mol. The molecule has 5 rings (SSSR count). The van der Waals surface area contributed by atoms with Gasteiger partial charge in [-0.3, -0.25) is 4.79 Å². The summed E-state index contributed by atoms with van der Waals surface area (Å²) < 4.78 is 5.37. The Hall–Kier alpha value is -1.73. The zero-order chi connectivity index (χ0) is 18.3. The molecule has 2 bridgehead atoms. The summed E-state index contributed by atoms with van der Waals surface area (Å²) in [4.78, 5) is 19.9. The SMILES string of the molecule is Cc1nc(N2CCOCC2)sc1C(=O)NN=CC1=CCC2CC1C2(C)C. The molecule has 2 fully saturated rings. The largest absolute Gasteiger partial charge is 0.378 e. The lowest BCUT2D eigenvalue weighted by Gasteiger charge is -2.55. The minimum atomic E-state index is -0.182. The fourth-order valence-corrected chi connectivity index (χ4v) is 5.25. The smallest absolute Gasteiger partial charge is 0.283 e. The van der Waals surface area contributed by atoms with Gasteiger partial charge >= 0.3 is 0 Å². The van der Waals surface area contributed by atoms with Crippen molar-refractivity contribution in [1.29, 1.82) is 0 Å². The molecule has 26 heavy (non-hydrogen) atoms. The van der Waals surface area contributed by atoms with Crippen molar-refractivity contribution in [2.45, 2.75) is 33.6 Å². The van der Waals surface area contributed by atoms with Crippen LogP contribution in [0.4, 0.5) is 5.13 Å². The van der Waals surface area contributed by atoms with Crippen molar-refractivity contribution < 1.29 is 9.53 Å². The second-order valence-electron chi connectivity index (χ2n) is 7.96. The number of fused-ring (bicyclic) bond motifs is 1. The number of hydrogen-bond donors (Lipinski definition) is 1. The number of amides is 1. The van der Waals surface area contributed by atoms with Gasteiger partial charge in [0.1, 0.15) is 4.88 Å². The lowest BCUT2D eigenvalue weighted by molar-refractivity contribution is -0.00126. The van der Waals surface area contributed by atoms with Crippen LogP contribution in [0.15, 0.2) is 16.8 Å². The summed E-state index contributed by atoms with van der Waals surface area (Å²) in [6.07, 6.45) is 6.47. The summed E-state index contributed by atoms with van der Waals surface area (Å²) in [5, 5.41) is 5.11. The highest BCUT2D eigenvalue weighted by Gasteiger charge is 2.50. The van der Waals surface area contributed by atoms with Gasteiger partial charge in [0.15, 0.2) is 5.13 Å². The van der Waals surface area contributed by atoms with E-state index in [1.807, 2.05) is 13.1 Å². The summed E-state index contributed by atoms with van der Waals surface area (Å²) in [7, 11) is 0. The van der Waals surface area contributed by atoms with Crippen LogP contribution < -0.4 is 10.3 Å². The van der Waals surface area contributed by atoms with Crippen molar-refractivity contribution in [3.8, 4) is 0 Å². The summed E-state index contributed by atoms with van der Waals surface area (Å²) in [6.45, 7) is 9.59. The maximum atomic E-state index is 12.5. The standard InChI is InChI=1S/C19H26N4O2S/c1-12-16(26-18(21-12)23-6-8-25-9-7-23)17(24)22-20-11-13-4-5-14-10-15(13)19(14,2)3/h4,11,14-15H,5-10H2,1-3H3,(H,22,24). The molecular weight excluding hydrogens is 348 g/mol. The second-order valence-corrected chi connectivity index (χ2v) is 8.93. The van der Waals surface area contributed by atoms with Crippen LogP contribution in [-0.2, 0) is 4.74 Å². The average Bonchev–Trinajstić information content (AvgIpc) is 3.04. The highest BCUT2D eigenvalue weighted by atomic mass is 32.1. The van der Waals surface area contributed by atoms with E-state index in [4.69, 9.17) is 4.74 Å². The Morgan fingerprint density at radius 2 is 2.23 bits per heavy atom. The van der Waals surface area contributed by atoms with E-state index in [1.165, 1.54) is 23.3 Å². The molecule has 1 aromatic heterocycles. The molecule has 2 unspecified atom stereocenters. The number of ether oxygens (including phenoxy) is 1. The van der Waals surface area contributed by atoms with Gasteiger partial charge in [-0.1, -0.05) is 31.3 Å². The number of rotatable bonds is 4. The Morgan fingerprint density at radius 1 is 1.46 bits per heavy atom. The number of aromatic nitrogens is 1. The van der Waals surface area contributed by atoms with Crippen LogP contribution in [0.2, 0.25) is 0 Å². The predicted octanol–water partition coefficient (Wildman–Crippen LogP) is 3.00. The van der Waals surface area contributed by atoms with Crippen LogP contribution >= 0.6 is 11.3 Å². The fraction of sp³-hybridized carbons (Fsp3) is 0.632. The van der Waals surface area contributed by atoms with Crippen molar-refractivity contribution in [2.24, 2.45) is 22.4 Å². The molecule has 140 valence electrons. The highest BCUT2D eigenvalue weighted by Crippen LogP contribution is 2.58. The molecule has 1 aromatic rings. The molecule has 1 saturated carbocycles. The molecule has 2 atom stereocenters. The van der Waals surface area contributed by atoms with Crippen molar-refractivity contribution in [1.82, 2.24) is 10.4 Å². The van der Waals surface area contributed by atoms with E-state index in [2.05, 4.69) is 40.3 Å². The first-order valence-electron chi connectivity index (χ1n) is 9.30. The Morgan fingerprint density at radius 3 is 2.92 bits per heavy atom.